The highest BCUT2D eigenvalue weighted by atomic mass is 16.2. The molecule has 1 aliphatic heterocycles. The van der Waals surface area contributed by atoms with Gasteiger partial charge in [0, 0.05) is 18.2 Å². The molecule has 1 fully saturated rings. The van der Waals surface area contributed by atoms with Crippen LogP contribution in [0.4, 0.5) is 0 Å². The van der Waals surface area contributed by atoms with Gasteiger partial charge in [-0.3, -0.25) is 4.79 Å². The monoisotopic (exact) mass is 401 g/mol. The number of H-pyrrole nitrogens is 2. The number of carbonyl (C=O) groups is 1. The molecule has 0 bridgehead atoms. The van der Waals surface area contributed by atoms with Crippen LogP contribution in [0.25, 0.3) is 22.1 Å². The van der Waals surface area contributed by atoms with E-state index in [1.807, 2.05) is 23.1 Å². The van der Waals surface area contributed by atoms with Gasteiger partial charge < -0.3 is 14.9 Å². The van der Waals surface area contributed by atoms with Crippen LogP contribution in [0.2, 0.25) is 0 Å². The molecule has 5 rings (SSSR count). The third kappa shape index (κ3) is 2.74. The van der Waals surface area contributed by atoms with Gasteiger partial charge in [-0.05, 0) is 73.1 Å². The Hall–Kier alpha value is -3.15. The Balaban J connectivity index is 1.46. The van der Waals surface area contributed by atoms with Gasteiger partial charge in [0.25, 0.3) is 5.91 Å². The molecule has 0 radical (unpaired) electrons. The van der Waals surface area contributed by atoms with Gasteiger partial charge in [0.1, 0.15) is 0 Å². The van der Waals surface area contributed by atoms with E-state index in [-0.39, 0.29) is 17.4 Å². The fraction of sp³-hybridized carbons (Fsp3) is 0.375. The number of rotatable bonds is 2. The normalized spacial score (nSPS) is 24.6. The summed E-state index contributed by atoms with van der Waals surface area (Å²) >= 11 is 0. The third-order valence-corrected chi connectivity index (χ3v) is 7.40. The predicted molar refractivity (Wildman–Crippen MR) is 119 cm³/mol. The molecule has 1 aliphatic rings. The number of nitrogens with zero attached hydrogens (tertiary/aromatic N) is 3. The molecule has 0 saturated carbocycles. The summed E-state index contributed by atoms with van der Waals surface area (Å²) < 4.78 is 0. The van der Waals surface area contributed by atoms with Crippen LogP contribution in [-0.2, 0) is 5.41 Å². The van der Waals surface area contributed by atoms with Crippen LogP contribution in [0.15, 0.2) is 43.0 Å². The van der Waals surface area contributed by atoms with Crippen molar-refractivity contribution < 1.29 is 4.79 Å². The molecule has 0 aliphatic carbocycles. The van der Waals surface area contributed by atoms with Gasteiger partial charge in [0.2, 0.25) is 0 Å². The summed E-state index contributed by atoms with van der Waals surface area (Å²) in [5.41, 5.74) is 7.16. The molecule has 0 unspecified atom stereocenters. The number of hydrogen-bond acceptors (Lipinski definition) is 3. The van der Waals surface area contributed by atoms with Crippen LogP contribution in [0.1, 0.15) is 48.7 Å². The van der Waals surface area contributed by atoms with Crippen molar-refractivity contribution >= 4 is 28.0 Å². The molecule has 2 aromatic heterocycles. The summed E-state index contributed by atoms with van der Waals surface area (Å²) in [6.07, 6.45) is 4.34. The van der Waals surface area contributed by atoms with E-state index in [2.05, 4.69) is 59.8 Å². The number of carbonyl (C=O) groups excluding carboxylic acids is 1. The van der Waals surface area contributed by atoms with Crippen molar-refractivity contribution in [2.75, 3.05) is 6.54 Å². The highest BCUT2D eigenvalue weighted by molar-refractivity contribution is 5.97. The zero-order valence-electron chi connectivity index (χ0n) is 17.9. The van der Waals surface area contributed by atoms with E-state index in [1.54, 1.807) is 12.7 Å². The number of aryl methyl sites for hydroxylation is 1. The van der Waals surface area contributed by atoms with E-state index in [4.69, 9.17) is 0 Å². The zero-order chi connectivity index (χ0) is 21.0. The van der Waals surface area contributed by atoms with Gasteiger partial charge in [0.15, 0.2) is 0 Å². The maximum absolute atomic E-state index is 13.4. The smallest absolute Gasteiger partial charge is 0.254 e. The van der Waals surface area contributed by atoms with E-state index in [0.717, 1.165) is 35.0 Å². The van der Waals surface area contributed by atoms with Crippen LogP contribution in [0.5, 0.6) is 0 Å². The molecular weight excluding hydrogens is 374 g/mol. The average molecular weight is 402 g/mol. The Labute approximate surface area is 175 Å². The third-order valence-electron chi connectivity index (χ3n) is 7.40. The minimum atomic E-state index is -0.0131. The largest absolute Gasteiger partial charge is 0.345 e. The van der Waals surface area contributed by atoms with Crippen LogP contribution in [0.3, 0.4) is 0 Å². The fourth-order valence-electron chi connectivity index (χ4n) is 5.19. The lowest BCUT2D eigenvalue weighted by molar-refractivity contribution is 0.0362. The molecular formula is C24H27N5O. The SMILES string of the molecule is Cc1cc2[nH]cnc2cc1[C@]1(C)CCN(C(=O)c2ccc3nc[nH]c3c2)[C@H](C)[C@H]1C. The topological polar surface area (TPSA) is 77.7 Å². The molecule has 154 valence electrons. The van der Waals surface area contributed by atoms with Gasteiger partial charge in [-0.2, -0.15) is 0 Å². The number of benzene rings is 2. The standard InChI is InChI=1S/C24H27N5O/c1-14-9-20-22(28-13-26-20)11-18(14)24(4)7-8-29(16(3)15(24)2)23(30)17-5-6-19-21(10-17)27-12-25-19/h5-6,9-13,15-16H,7-8H2,1-4H3,(H,25,27)(H,26,28)/t15-,16-,24-/m1/s1. The first-order chi connectivity index (χ1) is 14.4. The molecule has 3 heterocycles. The highest BCUT2D eigenvalue weighted by Gasteiger charge is 2.44. The van der Waals surface area contributed by atoms with Crippen molar-refractivity contribution in [3.63, 3.8) is 0 Å². The first-order valence-electron chi connectivity index (χ1n) is 10.6. The molecule has 6 heteroatoms. The molecule has 3 atom stereocenters. The average Bonchev–Trinajstić information content (AvgIpc) is 3.39. The van der Waals surface area contributed by atoms with Crippen molar-refractivity contribution in [1.29, 1.82) is 0 Å². The van der Waals surface area contributed by atoms with Crippen LogP contribution in [-0.4, -0.2) is 43.3 Å². The van der Waals surface area contributed by atoms with Crippen LogP contribution in [0, 0.1) is 12.8 Å². The van der Waals surface area contributed by atoms with Gasteiger partial charge in [-0.15, -0.1) is 0 Å². The van der Waals surface area contributed by atoms with Crippen molar-refractivity contribution in [3.8, 4) is 0 Å². The predicted octanol–water partition coefficient (Wildman–Crippen LogP) is 4.58. The minimum Gasteiger partial charge on any atom is -0.345 e. The maximum atomic E-state index is 13.4. The summed E-state index contributed by atoms with van der Waals surface area (Å²) in [5, 5.41) is 0. The second-order valence-corrected chi connectivity index (χ2v) is 8.92. The lowest BCUT2D eigenvalue weighted by Crippen LogP contribution is -2.55. The molecule has 6 nitrogen and oxygen atoms in total. The van der Waals surface area contributed by atoms with Gasteiger partial charge in [0.05, 0.1) is 34.7 Å². The lowest BCUT2D eigenvalue weighted by Gasteiger charge is -2.50. The summed E-state index contributed by atoms with van der Waals surface area (Å²) in [6.45, 7) is 9.70. The highest BCUT2D eigenvalue weighted by Crippen LogP contribution is 2.44. The van der Waals surface area contributed by atoms with E-state index in [1.165, 1.54) is 11.1 Å². The van der Waals surface area contributed by atoms with Crippen molar-refractivity contribution in [3.05, 3.63) is 59.7 Å². The molecule has 2 aromatic carbocycles. The second-order valence-electron chi connectivity index (χ2n) is 8.92. The maximum Gasteiger partial charge on any atom is 0.254 e. The number of hydrogen-bond donors (Lipinski definition) is 2. The first kappa shape index (κ1) is 18.9. The second kappa shape index (κ2) is 6.69. The van der Waals surface area contributed by atoms with E-state index >= 15 is 0 Å². The Bertz CT molecular complexity index is 1250. The molecule has 1 amide bonds. The summed E-state index contributed by atoms with van der Waals surface area (Å²) in [6, 6.07) is 10.2. The summed E-state index contributed by atoms with van der Waals surface area (Å²) in [4.78, 5) is 30.4. The first-order valence-corrected chi connectivity index (χ1v) is 10.6. The van der Waals surface area contributed by atoms with Crippen molar-refractivity contribution in [2.24, 2.45) is 5.92 Å². The van der Waals surface area contributed by atoms with E-state index < -0.39 is 0 Å². The lowest BCUT2D eigenvalue weighted by atomic mass is 9.64. The summed E-state index contributed by atoms with van der Waals surface area (Å²) in [7, 11) is 0. The number of amides is 1. The van der Waals surface area contributed by atoms with E-state index in [0.29, 0.717) is 11.5 Å². The molecule has 2 N–H and O–H groups in total. The van der Waals surface area contributed by atoms with Gasteiger partial charge >= 0.3 is 0 Å². The number of nitrogens with one attached hydrogen (secondary N) is 2. The Kier molecular flexibility index (Phi) is 4.20. The number of aromatic amines is 2. The molecule has 4 aromatic rings. The summed E-state index contributed by atoms with van der Waals surface area (Å²) in [5.74, 6) is 0.397. The van der Waals surface area contributed by atoms with E-state index in [9.17, 15) is 4.79 Å². The number of aromatic nitrogens is 4. The molecule has 1 saturated heterocycles. The fourth-order valence-corrected chi connectivity index (χ4v) is 5.19. The number of fused-ring (bicyclic) bond motifs is 2. The zero-order valence-corrected chi connectivity index (χ0v) is 17.9. The van der Waals surface area contributed by atoms with Gasteiger partial charge in [-0.25, -0.2) is 9.97 Å². The Morgan fingerprint density at radius 2 is 1.77 bits per heavy atom. The van der Waals surface area contributed by atoms with Crippen LogP contribution >= 0.6 is 0 Å². The number of imidazole rings is 2. The van der Waals surface area contributed by atoms with Crippen molar-refractivity contribution in [2.45, 2.75) is 45.6 Å². The van der Waals surface area contributed by atoms with Crippen molar-refractivity contribution in [1.82, 2.24) is 24.8 Å². The molecule has 0 spiro atoms. The Morgan fingerprint density at radius 3 is 2.53 bits per heavy atom. The number of likely N-dealkylation sites (tertiary alicyclic amines) is 1. The molecule has 30 heavy (non-hydrogen) atoms. The van der Waals surface area contributed by atoms with Crippen LogP contribution < -0.4 is 0 Å². The minimum absolute atomic E-state index is 0.0131. The quantitative estimate of drug-likeness (QED) is 0.516. The van der Waals surface area contributed by atoms with Gasteiger partial charge in [-0.1, -0.05) is 13.8 Å². The number of piperidine rings is 1. The Morgan fingerprint density at radius 1 is 1.07 bits per heavy atom.